The van der Waals surface area contributed by atoms with Crippen LogP contribution in [0.5, 0.6) is 0 Å². The van der Waals surface area contributed by atoms with Gasteiger partial charge < -0.3 is 15.5 Å². The third-order valence-electron chi connectivity index (χ3n) is 4.75. The predicted molar refractivity (Wildman–Crippen MR) is 136 cm³/mol. The average molecular weight is 556 g/mol. The van der Waals surface area contributed by atoms with Crippen LogP contribution in [0.15, 0.2) is 59.6 Å². The first-order valence-corrected chi connectivity index (χ1v) is 12.1. The minimum atomic E-state index is -3.04. The van der Waals surface area contributed by atoms with Crippen LogP contribution in [0.3, 0.4) is 0 Å². The maximum absolute atomic E-state index is 12.4. The van der Waals surface area contributed by atoms with E-state index in [1.165, 1.54) is 6.26 Å². The lowest BCUT2D eigenvalue weighted by Crippen LogP contribution is -2.44. The van der Waals surface area contributed by atoms with Crippen molar-refractivity contribution >= 4 is 51.4 Å². The Morgan fingerprint density at radius 2 is 1.74 bits per heavy atom. The molecule has 0 bridgehead atoms. The van der Waals surface area contributed by atoms with Crippen molar-refractivity contribution in [2.24, 2.45) is 4.99 Å². The number of carbonyl (C=O) groups is 1. The van der Waals surface area contributed by atoms with Crippen molar-refractivity contribution in [1.29, 1.82) is 0 Å². The van der Waals surface area contributed by atoms with Crippen LogP contribution < -0.4 is 15.5 Å². The van der Waals surface area contributed by atoms with Gasteiger partial charge in [-0.3, -0.25) is 4.79 Å². The van der Waals surface area contributed by atoms with Crippen molar-refractivity contribution in [3.63, 3.8) is 0 Å². The van der Waals surface area contributed by atoms with Gasteiger partial charge in [-0.1, -0.05) is 42.5 Å². The van der Waals surface area contributed by atoms with Crippen LogP contribution in [-0.2, 0) is 26.9 Å². The molecule has 0 radical (unpaired) electrons. The van der Waals surface area contributed by atoms with Gasteiger partial charge in [0.25, 0.3) is 0 Å². The molecular formula is C22H29IN4O3S. The molecule has 1 heterocycles. The Balaban J connectivity index is 0.00000341. The fraction of sp³-hybridized carbons (Fsp3) is 0.364. The number of halogens is 1. The topological polar surface area (TPSA) is 90.9 Å². The number of nitrogens with one attached hydrogen (secondary N) is 2. The van der Waals surface area contributed by atoms with Crippen molar-refractivity contribution in [2.45, 2.75) is 31.7 Å². The van der Waals surface area contributed by atoms with Crippen molar-refractivity contribution < 1.29 is 13.2 Å². The number of amides is 1. The maximum atomic E-state index is 12.4. The molecule has 1 fully saturated rings. The van der Waals surface area contributed by atoms with E-state index in [-0.39, 0.29) is 41.7 Å². The smallest absolute Gasteiger partial charge is 0.229 e. The molecular weight excluding hydrogens is 527 g/mol. The van der Waals surface area contributed by atoms with Gasteiger partial charge in [-0.15, -0.1) is 24.0 Å². The van der Waals surface area contributed by atoms with Crippen molar-refractivity contribution in [3.05, 3.63) is 65.7 Å². The minimum Gasteiger partial charge on any atom is -0.357 e. The maximum Gasteiger partial charge on any atom is 0.229 e. The number of benzene rings is 2. The molecule has 2 N–H and O–H groups in total. The molecule has 1 saturated heterocycles. The molecule has 7 nitrogen and oxygen atoms in total. The molecule has 1 unspecified atom stereocenters. The SMILES string of the molecule is CCNC(=NCc1ccc(CS(C)(=O)=O)cc1)NC1CC(=O)N(c2ccccc2)C1.I. The third kappa shape index (κ3) is 7.80. The van der Waals surface area contributed by atoms with Crippen LogP contribution in [0.25, 0.3) is 0 Å². The second kappa shape index (κ2) is 11.5. The number of hydrogen-bond acceptors (Lipinski definition) is 4. The summed E-state index contributed by atoms with van der Waals surface area (Å²) < 4.78 is 22.8. The van der Waals surface area contributed by atoms with Crippen LogP contribution in [-0.4, -0.2) is 45.7 Å². The van der Waals surface area contributed by atoms with E-state index in [0.29, 0.717) is 32.0 Å². The van der Waals surface area contributed by atoms with E-state index >= 15 is 0 Å². The van der Waals surface area contributed by atoms with E-state index in [4.69, 9.17) is 0 Å². The molecule has 168 valence electrons. The second-order valence-electron chi connectivity index (χ2n) is 7.47. The molecule has 1 aliphatic heterocycles. The first-order chi connectivity index (χ1) is 14.3. The van der Waals surface area contributed by atoms with E-state index in [1.807, 2.05) is 61.5 Å². The lowest BCUT2D eigenvalue weighted by atomic mass is 10.1. The highest BCUT2D eigenvalue weighted by molar-refractivity contribution is 14.0. The van der Waals surface area contributed by atoms with E-state index in [9.17, 15) is 13.2 Å². The number of sulfone groups is 1. The fourth-order valence-electron chi connectivity index (χ4n) is 3.39. The molecule has 3 rings (SSSR count). The number of nitrogens with zero attached hydrogens (tertiary/aromatic N) is 2. The molecule has 31 heavy (non-hydrogen) atoms. The molecule has 2 aromatic carbocycles. The van der Waals surface area contributed by atoms with Gasteiger partial charge in [0.2, 0.25) is 5.91 Å². The third-order valence-corrected chi connectivity index (χ3v) is 5.61. The number of hydrogen-bond donors (Lipinski definition) is 2. The number of aliphatic imine (C=N–C) groups is 1. The van der Waals surface area contributed by atoms with E-state index in [1.54, 1.807) is 4.90 Å². The number of carbonyl (C=O) groups excluding carboxylic acids is 1. The quantitative estimate of drug-likeness (QED) is 0.311. The zero-order chi connectivity index (χ0) is 21.6. The Hall–Kier alpha value is -2.14. The summed E-state index contributed by atoms with van der Waals surface area (Å²) in [6.07, 6.45) is 1.64. The zero-order valence-electron chi connectivity index (χ0n) is 17.7. The monoisotopic (exact) mass is 556 g/mol. The van der Waals surface area contributed by atoms with Crippen molar-refractivity contribution in [1.82, 2.24) is 10.6 Å². The average Bonchev–Trinajstić information content (AvgIpc) is 3.07. The lowest BCUT2D eigenvalue weighted by molar-refractivity contribution is -0.117. The summed E-state index contributed by atoms with van der Waals surface area (Å²) in [6.45, 7) is 3.75. The Kier molecular flexibility index (Phi) is 9.30. The van der Waals surface area contributed by atoms with Gasteiger partial charge in [0.1, 0.15) is 0 Å². The van der Waals surface area contributed by atoms with Crippen LogP contribution in [0.4, 0.5) is 5.69 Å². The Morgan fingerprint density at radius 1 is 1.10 bits per heavy atom. The summed E-state index contributed by atoms with van der Waals surface area (Å²) >= 11 is 0. The predicted octanol–water partition coefficient (Wildman–Crippen LogP) is 2.71. The summed E-state index contributed by atoms with van der Waals surface area (Å²) in [4.78, 5) is 18.8. The van der Waals surface area contributed by atoms with Crippen LogP contribution in [0.2, 0.25) is 0 Å². The van der Waals surface area contributed by atoms with Gasteiger partial charge in [-0.2, -0.15) is 0 Å². The molecule has 1 amide bonds. The van der Waals surface area contributed by atoms with Gasteiger partial charge in [0.05, 0.1) is 18.3 Å². The van der Waals surface area contributed by atoms with E-state index in [2.05, 4.69) is 15.6 Å². The standard InChI is InChI=1S/C22H28N4O3S.HI/c1-3-23-22(24-14-17-9-11-18(12-10-17)16-30(2,28)29)25-19-13-21(27)26(15-19)20-7-5-4-6-8-20;/h4-12,19H,3,13-16H2,1-2H3,(H2,23,24,25);1H. The number of guanidine groups is 1. The molecule has 0 spiro atoms. The molecule has 0 aromatic heterocycles. The highest BCUT2D eigenvalue weighted by Crippen LogP contribution is 2.21. The highest BCUT2D eigenvalue weighted by atomic mass is 127. The van der Waals surface area contributed by atoms with E-state index < -0.39 is 9.84 Å². The van der Waals surface area contributed by atoms with Gasteiger partial charge in [0, 0.05) is 31.5 Å². The normalized spacial score (nSPS) is 16.7. The Bertz CT molecular complexity index is 995. The Morgan fingerprint density at radius 3 is 2.35 bits per heavy atom. The van der Waals surface area contributed by atoms with Crippen molar-refractivity contribution in [2.75, 3.05) is 24.2 Å². The first-order valence-electron chi connectivity index (χ1n) is 10.00. The molecule has 1 atom stereocenters. The number of anilines is 1. The summed E-state index contributed by atoms with van der Waals surface area (Å²) in [5.41, 5.74) is 2.65. The fourth-order valence-corrected chi connectivity index (χ4v) is 4.19. The number of rotatable bonds is 7. The molecule has 9 heteroatoms. The Labute approximate surface area is 201 Å². The number of para-hydroxylation sites is 1. The van der Waals surface area contributed by atoms with Crippen LogP contribution in [0.1, 0.15) is 24.5 Å². The van der Waals surface area contributed by atoms with Gasteiger partial charge in [-0.05, 0) is 30.2 Å². The van der Waals surface area contributed by atoms with Crippen LogP contribution in [0, 0.1) is 0 Å². The second-order valence-corrected chi connectivity index (χ2v) is 9.61. The van der Waals surface area contributed by atoms with Gasteiger partial charge in [0.15, 0.2) is 15.8 Å². The lowest BCUT2D eigenvalue weighted by Gasteiger charge is -2.19. The minimum absolute atomic E-state index is 0. The van der Waals surface area contributed by atoms with Crippen molar-refractivity contribution in [3.8, 4) is 0 Å². The zero-order valence-corrected chi connectivity index (χ0v) is 20.9. The van der Waals surface area contributed by atoms with E-state index in [0.717, 1.165) is 16.8 Å². The molecule has 0 saturated carbocycles. The summed E-state index contributed by atoms with van der Waals surface area (Å²) in [5, 5.41) is 6.58. The molecule has 0 aliphatic carbocycles. The largest absolute Gasteiger partial charge is 0.357 e. The summed E-state index contributed by atoms with van der Waals surface area (Å²) in [5.74, 6) is 0.787. The van der Waals surface area contributed by atoms with Crippen LogP contribution >= 0.6 is 24.0 Å². The summed E-state index contributed by atoms with van der Waals surface area (Å²) in [6, 6.07) is 17.1. The van der Waals surface area contributed by atoms with Gasteiger partial charge in [-0.25, -0.2) is 13.4 Å². The molecule has 2 aromatic rings. The molecule has 1 aliphatic rings. The van der Waals surface area contributed by atoms with Gasteiger partial charge >= 0.3 is 0 Å². The summed E-state index contributed by atoms with van der Waals surface area (Å²) in [7, 11) is -3.04. The highest BCUT2D eigenvalue weighted by Gasteiger charge is 2.31. The first kappa shape index (κ1) is 25.1.